The lowest BCUT2D eigenvalue weighted by Gasteiger charge is -2.23. The molecule has 0 heterocycles. The van der Waals surface area contributed by atoms with Crippen LogP contribution in [0.5, 0.6) is 0 Å². The highest BCUT2D eigenvalue weighted by atomic mass is 16.5. The summed E-state index contributed by atoms with van der Waals surface area (Å²) < 4.78 is 5.53. The van der Waals surface area contributed by atoms with Crippen molar-refractivity contribution in [3.63, 3.8) is 0 Å². The first kappa shape index (κ1) is 11.5. The van der Waals surface area contributed by atoms with E-state index in [0.717, 1.165) is 12.8 Å². The fourth-order valence-electron chi connectivity index (χ4n) is 1.85. The Morgan fingerprint density at radius 1 is 1.36 bits per heavy atom. The van der Waals surface area contributed by atoms with E-state index < -0.39 is 6.10 Å². The minimum absolute atomic E-state index is 0.250. The van der Waals surface area contributed by atoms with Crippen LogP contribution in [0.3, 0.4) is 0 Å². The van der Waals surface area contributed by atoms with Gasteiger partial charge in [0.25, 0.3) is 0 Å². The molecule has 1 aliphatic carbocycles. The standard InChI is InChI=1S/C11H19NO2/c1-8(13)9(2)14-11(7-12)10-5-3-4-6-10/h8-11,13H,3-6H2,1-2H3. The van der Waals surface area contributed by atoms with E-state index in [1.165, 1.54) is 12.8 Å². The molecule has 1 aliphatic rings. The molecule has 3 atom stereocenters. The molecule has 1 saturated carbocycles. The number of aliphatic hydroxyl groups excluding tert-OH is 1. The zero-order chi connectivity index (χ0) is 10.6. The Bertz CT molecular complexity index is 204. The number of rotatable bonds is 4. The van der Waals surface area contributed by atoms with Gasteiger partial charge in [-0.1, -0.05) is 12.8 Å². The number of aliphatic hydroxyl groups is 1. The first-order chi connectivity index (χ1) is 6.65. The van der Waals surface area contributed by atoms with Crippen LogP contribution in [0.25, 0.3) is 0 Å². The molecule has 0 aromatic heterocycles. The van der Waals surface area contributed by atoms with Crippen LogP contribution in [0, 0.1) is 17.2 Å². The van der Waals surface area contributed by atoms with Gasteiger partial charge in [0.15, 0.2) is 0 Å². The van der Waals surface area contributed by atoms with Crippen molar-refractivity contribution in [1.29, 1.82) is 5.26 Å². The Morgan fingerprint density at radius 2 is 1.93 bits per heavy atom. The number of hydrogen-bond donors (Lipinski definition) is 1. The van der Waals surface area contributed by atoms with Crippen molar-refractivity contribution in [1.82, 2.24) is 0 Å². The van der Waals surface area contributed by atoms with E-state index in [2.05, 4.69) is 6.07 Å². The Hall–Kier alpha value is -0.590. The molecule has 0 bridgehead atoms. The number of hydrogen-bond acceptors (Lipinski definition) is 3. The molecule has 0 aromatic rings. The molecule has 0 radical (unpaired) electrons. The number of ether oxygens (including phenoxy) is 1. The SMILES string of the molecule is CC(O)C(C)OC(C#N)C1CCCC1. The third-order valence-electron chi connectivity index (χ3n) is 3.00. The average molecular weight is 197 g/mol. The maximum absolute atomic E-state index is 9.27. The minimum atomic E-state index is -0.507. The Labute approximate surface area is 85.7 Å². The predicted molar refractivity (Wildman–Crippen MR) is 53.6 cm³/mol. The molecular weight excluding hydrogens is 178 g/mol. The van der Waals surface area contributed by atoms with Crippen molar-refractivity contribution in [3.8, 4) is 6.07 Å². The fourth-order valence-corrected chi connectivity index (χ4v) is 1.85. The first-order valence-electron chi connectivity index (χ1n) is 5.38. The van der Waals surface area contributed by atoms with E-state index in [9.17, 15) is 5.11 Å². The maximum atomic E-state index is 9.27. The van der Waals surface area contributed by atoms with E-state index in [1.54, 1.807) is 6.92 Å². The predicted octanol–water partition coefficient (Wildman–Crippen LogP) is 1.85. The quantitative estimate of drug-likeness (QED) is 0.748. The Morgan fingerprint density at radius 3 is 2.36 bits per heavy atom. The van der Waals surface area contributed by atoms with Gasteiger partial charge in [-0.25, -0.2) is 0 Å². The molecule has 1 rings (SSSR count). The molecule has 1 N–H and O–H groups in total. The molecule has 3 nitrogen and oxygen atoms in total. The lowest BCUT2D eigenvalue weighted by atomic mass is 10.0. The zero-order valence-corrected chi connectivity index (χ0v) is 8.94. The highest BCUT2D eigenvalue weighted by molar-refractivity contribution is 4.92. The van der Waals surface area contributed by atoms with Gasteiger partial charge >= 0.3 is 0 Å². The van der Waals surface area contributed by atoms with Crippen LogP contribution in [0.1, 0.15) is 39.5 Å². The molecule has 80 valence electrons. The van der Waals surface area contributed by atoms with Crippen molar-refractivity contribution in [2.24, 2.45) is 5.92 Å². The molecule has 0 spiro atoms. The van der Waals surface area contributed by atoms with Gasteiger partial charge in [0.1, 0.15) is 6.10 Å². The zero-order valence-electron chi connectivity index (χ0n) is 8.94. The molecular formula is C11H19NO2. The minimum Gasteiger partial charge on any atom is -0.391 e. The van der Waals surface area contributed by atoms with Gasteiger partial charge < -0.3 is 9.84 Å². The summed E-state index contributed by atoms with van der Waals surface area (Å²) in [4.78, 5) is 0. The van der Waals surface area contributed by atoms with Crippen molar-refractivity contribution in [2.75, 3.05) is 0 Å². The van der Waals surface area contributed by atoms with Crippen LogP contribution in [-0.2, 0) is 4.74 Å². The van der Waals surface area contributed by atoms with Crippen molar-refractivity contribution in [3.05, 3.63) is 0 Å². The van der Waals surface area contributed by atoms with E-state index >= 15 is 0 Å². The van der Waals surface area contributed by atoms with Gasteiger partial charge in [-0.15, -0.1) is 0 Å². The maximum Gasteiger partial charge on any atom is 0.147 e. The summed E-state index contributed by atoms with van der Waals surface area (Å²) in [5.41, 5.74) is 0. The monoisotopic (exact) mass is 197 g/mol. The largest absolute Gasteiger partial charge is 0.391 e. The van der Waals surface area contributed by atoms with Crippen LogP contribution in [0.4, 0.5) is 0 Å². The van der Waals surface area contributed by atoms with E-state index in [-0.39, 0.29) is 12.2 Å². The molecule has 1 fully saturated rings. The van der Waals surface area contributed by atoms with Crippen LogP contribution in [-0.4, -0.2) is 23.4 Å². The van der Waals surface area contributed by atoms with E-state index in [0.29, 0.717) is 5.92 Å². The first-order valence-corrected chi connectivity index (χ1v) is 5.38. The van der Waals surface area contributed by atoms with Gasteiger partial charge in [-0.3, -0.25) is 0 Å². The normalized spacial score (nSPS) is 24.1. The third-order valence-corrected chi connectivity index (χ3v) is 3.00. The summed E-state index contributed by atoms with van der Waals surface area (Å²) in [6, 6.07) is 2.20. The molecule has 0 saturated heterocycles. The van der Waals surface area contributed by atoms with Crippen LogP contribution in [0.2, 0.25) is 0 Å². The van der Waals surface area contributed by atoms with Crippen molar-refractivity contribution in [2.45, 2.75) is 57.8 Å². The topological polar surface area (TPSA) is 53.2 Å². The number of nitrogens with zero attached hydrogens (tertiary/aromatic N) is 1. The molecule has 0 aromatic carbocycles. The van der Waals surface area contributed by atoms with Crippen molar-refractivity contribution < 1.29 is 9.84 Å². The van der Waals surface area contributed by atoms with Gasteiger partial charge in [0.05, 0.1) is 18.3 Å². The fraction of sp³-hybridized carbons (Fsp3) is 0.909. The molecule has 14 heavy (non-hydrogen) atoms. The smallest absolute Gasteiger partial charge is 0.147 e. The second kappa shape index (κ2) is 5.33. The summed E-state index contributed by atoms with van der Waals surface area (Å²) in [7, 11) is 0. The summed E-state index contributed by atoms with van der Waals surface area (Å²) in [5.74, 6) is 0.376. The summed E-state index contributed by atoms with van der Waals surface area (Å²) in [6.45, 7) is 3.50. The van der Waals surface area contributed by atoms with Gasteiger partial charge in [0.2, 0.25) is 0 Å². The lowest BCUT2D eigenvalue weighted by Crippen LogP contribution is -2.31. The molecule has 3 unspecified atom stereocenters. The third kappa shape index (κ3) is 2.97. The van der Waals surface area contributed by atoms with E-state index in [1.807, 2.05) is 6.92 Å². The average Bonchev–Trinajstić information content (AvgIpc) is 2.66. The highest BCUT2D eigenvalue weighted by Crippen LogP contribution is 2.29. The van der Waals surface area contributed by atoms with Crippen LogP contribution < -0.4 is 0 Å². The van der Waals surface area contributed by atoms with Crippen LogP contribution in [0.15, 0.2) is 0 Å². The summed E-state index contributed by atoms with van der Waals surface area (Å²) in [5, 5.41) is 18.2. The second-order valence-corrected chi connectivity index (χ2v) is 4.18. The number of nitriles is 1. The molecule has 0 aliphatic heterocycles. The van der Waals surface area contributed by atoms with Gasteiger partial charge in [-0.2, -0.15) is 5.26 Å². The van der Waals surface area contributed by atoms with Gasteiger partial charge in [0, 0.05) is 0 Å². The second-order valence-electron chi connectivity index (χ2n) is 4.18. The summed E-state index contributed by atoms with van der Waals surface area (Å²) in [6.07, 6.45) is 3.50. The molecule has 3 heteroatoms. The highest BCUT2D eigenvalue weighted by Gasteiger charge is 2.27. The van der Waals surface area contributed by atoms with Crippen molar-refractivity contribution >= 4 is 0 Å². The summed E-state index contributed by atoms with van der Waals surface area (Å²) >= 11 is 0. The lowest BCUT2D eigenvalue weighted by molar-refractivity contribution is -0.0589. The van der Waals surface area contributed by atoms with Gasteiger partial charge in [-0.05, 0) is 32.6 Å². The van der Waals surface area contributed by atoms with E-state index in [4.69, 9.17) is 10.00 Å². The van der Waals surface area contributed by atoms with Crippen LogP contribution >= 0.6 is 0 Å². The Kier molecular flexibility index (Phi) is 4.37. The Balaban J connectivity index is 2.42. The molecule has 0 amide bonds.